The van der Waals surface area contributed by atoms with Crippen LogP contribution in [0.15, 0.2) is 24.4 Å². The molecule has 5 heteroatoms. The van der Waals surface area contributed by atoms with E-state index in [0.717, 1.165) is 48.7 Å². The zero-order valence-electron chi connectivity index (χ0n) is 14.3. The Kier molecular flexibility index (Phi) is 3.37. The molecule has 128 valence electrons. The second-order valence-corrected chi connectivity index (χ2v) is 7.91. The fourth-order valence-corrected chi connectivity index (χ4v) is 4.07. The first-order valence-corrected chi connectivity index (χ1v) is 8.74. The van der Waals surface area contributed by atoms with Crippen molar-refractivity contribution in [1.82, 2.24) is 15.2 Å². The summed E-state index contributed by atoms with van der Waals surface area (Å²) in [5.74, 6) is -0.245. The lowest BCUT2D eigenvalue weighted by Crippen LogP contribution is -2.47. The number of aromatic nitrogens is 1. The van der Waals surface area contributed by atoms with Crippen LogP contribution in [0.5, 0.6) is 0 Å². The van der Waals surface area contributed by atoms with Crippen molar-refractivity contribution in [2.75, 3.05) is 13.1 Å². The highest BCUT2D eigenvalue weighted by Gasteiger charge is 2.52. The summed E-state index contributed by atoms with van der Waals surface area (Å²) in [4.78, 5) is 17.8. The summed E-state index contributed by atoms with van der Waals surface area (Å²) in [6.07, 6.45) is 6.49. The topological polar surface area (TPSA) is 48.1 Å². The third-order valence-corrected chi connectivity index (χ3v) is 5.72. The third kappa shape index (κ3) is 2.46. The smallest absolute Gasteiger partial charge is 0.317 e. The second kappa shape index (κ2) is 5.23. The maximum Gasteiger partial charge on any atom is 0.317 e. The number of urea groups is 1. The first-order valence-electron chi connectivity index (χ1n) is 8.74. The van der Waals surface area contributed by atoms with Crippen LogP contribution in [0.1, 0.15) is 45.1 Å². The fourth-order valence-electron chi connectivity index (χ4n) is 4.07. The van der Waals surface area contributed by atoms with Crippen LogP contribution in [0, 0.1) is 5.82 Å². The number of aromatic amines is 1. The number of benzene rings is 1. The average Bonchev–Trinajstić information content (AvgIpc) is 2.99. The summed E-state index contributed by atoms with van der Waals surface area (Å²) in [6, 6.07) is 4.85. The molecule has 24 heavy (non-hydrogen) atoms. The number of rotatable bonds is 3. The number of amides is 2. The van der Waals surface area contributed by atoms with Gasteiger partial charge in [0.1, 0.15) is 5.82 Å². The average molecular weight is 329 g/mol. The molecule has 2 aliphatic rings. The van der Waals surface area contributed by atoms with Gasteiger partial charge in [0.2, 0.25) is 0 Å². The molecule has 0 bridgehead atoms. The van der Waals surface area contributed by atoms with Crippen molar-refractivity contribution < 1.29 is 9.18 Å². The molecule has 0 unspecified atom stereocenters. The van der Waals surface area contributed by atoms with Gasteiger partial charge in [0.25, 0.3) is 0 Å². The maximum atomic E-state index is 13.4. The van der Waals surface area contributed by atoms with E-state index in [0.29, 0.717) is 6.54 Å². The number of halogens is 1. The van der Waals surface area contributed by atoms with Crippen LogP contribution >= 0.6 is 0 Å². The molecule has 1 saturated heterocycles. The van der Waals surface area contributed by atoms with E-state index in [1.54, 1.807) is 6.07 Å². The number of nitrogens with zero attached hydrogens (tertiary/aromatic N) is 1. The standard InChI is InChI=1S/C19H24FN3O/c1-18(2,15-11-21-16-10-13(20)4-5-14(15)16)12-22-17(24)23-9-3-6-19(23)7-8-19/h4-5,10-11,21H,3,6-9,12H2,1-2H3,(H,22,24). The van der Waals surface area contributed by atoms with Crippen molar-refractivity contribution >= 4 is 16.9 Å². The van der Waals surface area contributed by atoms with Crippen molar-refractivity contribution in [3.05, 3.63) is 35.8 Å². The molecule has 0 radical (unpaired) electrons. The van der Waals surface area contributed by atoms with Gasteiger partial charge in [-0.15, -0.1) is 0 Å². The Bertz CT molecular complexity index is 791. The predicted octanol–water partition coefficient (Wildman–Crippen LogP) is 3.92. The molecule has 1 aromatic carbocycles. The number of carbonyl (C=O) groups is 1. The molecule has 2 amide bonds. The van der Waals surface area contributed by atoms with Gasteiger partial charge in [0.15, 0.2) is 0 Å². The predicted molar refractivity (Wildman–Crippen MR) is 92.6 cm³/mol. The lowest BCUT2D eigenvalue weighted by Gasteiger charge is -2.29. The molecule has 2 fully saturated rings. The Morgan fingerprint density at radius 3 is 2.92 bits per heavy atom. The van der Waals surface area contributed by atoms with Gasteiger partial charge in [0.05, 0.1) is 0 Å². The normalized spacial score (nSPS) is 19.2. The molecule has 1 saturated carbocycles. The van der Waals surface area contributed by atoms with E-state index in [-0.39, 0.29) is 22.8 Å². The van der Waals surface area contributed by atoms with Crippen LogP contribution in [-0.4, -0.2) is 34.5 Å². The molecule has 0 atom stereocenters. The fraction of sp³-hybridized carbons (Fsp3) is 0.526. The first-order chi connectivity index (χ1) is 11.4. The monoisotopic (exact) mass is 329 g/mol. The minimum atomic E-state index is -0.245. The zero-order chi connectivity index (χ0) is 16.9. The minimum absolute atomic E-state index is 0.0592. The highest BCUT2D eigenvalue weighted by molar-refractivity contribution is 5.84. The molecule has 1 spiro atoms. The second-order valence-electron chi connectivity index (χ2n) is 7.91. The summed E-state index contributed by atoms with van der Waals surface area (Å²) in [6.45, 7) is 5.65. The summed E-state index contributed by atoms with van der Waals surface area (Å²) in [5, 5.41) is 4.13. The van der Waals surface area contributed by atoms with Gasteiger partial charge >= 0.3 is 6.03 Å². The number of H-pyrrole nitrogens is 1. The summed E-state index contributed by atoms with van der Waals surface area (Å²) < 4.78 is 13.4. The van der Waals surface area contributed by atoms with Crippen LogP contribution < -0.4 is 5.32 Å². The molecule has 1 aromatic heterocycles. The number of likely N-dealkylation sites (tertiary alicyclic amines) is 1. The van der Waals surface area contributed by atoms with Gasteiger partial charge < -0.3 is 15.2 Å². The van der Waals surface area contributed by atoms with Crippen molar-refractivity contribution in [2.24, 2.45) is 0 Å². The van der Waals surface area contributed by atoms with Crippen molar-refractivity contribution in [2.45, 2.75) is 50.5 Å². The van der Waals surface area contributed by atoms with Gasteiger partial charge in [0, 0.05) is 41.1 Å². The highest BCUT2D eigenvalue weighted by Crippen LogP contribution is 2.49. The molecule has 2 aromatic rings. The van der Waals surface area contributed by atoms with Crippen molar-refractivity contribution in [3.63, 3.8) is 0 Å². The summed E-state index contributed by atoms with van der Waals surface area (Å²) in [7, 11) is 0. The number of carbonyl (C=O) groups excluding carboxylic acids is 1. The van der Waals surface area contributed by atoms with E-state index in [4.69, 9.17) is 0 Å². The zero-order valence-corrected chi connectivity index (χ0v) is 14.3. The Hall–Kier alpha value is -2.04. The van der Waals surface area contributed by atoms with Crippen LogP contribution in [0.4, 0.5) is 9.18 Å². The Labute approximate surface area is 141 Å². The van der Waals surface area contributed by atoms with E-state index >= 15 is 0 Å². The van der Waals surface area contributed by atoms with E-state index in [1.165, 1.54) is 12.1 Å². The molecule has 4 nitrogen and oxygen atoms in total. The van der Waals surface area contributed by atoms with E-state index in [9.17, 15) is 9.18 Å². The lowest BCUT2D eigenvalue weighted by atomic mass is 9.84. The highest BCUT2D eigenvalue weighted by atomic mass is 19.1. The molecule has 4 rings (SSSR count). The first kappa shape index (κ1) is 15.5. The molecule has 1 aliphatic carbocycles. The Balaban J connectivity index is 1.49. The van der Waals surface area contributed by atoms with Crippen LogP contribution in [0.3, 0.4) is 0 Å². The van der Waals surface area contributed by atoms with Crippen molar-refractivity contribution in [3.8, 4) is 0 Å². The maximum absolute atomic E-state index is 13.4. The van der Waals surface area contributed by atoms with E-state index in [2.05, 4.69) is 24.1 Å². The third-order valence-electron chi connectivity index (χ3n) is 5.72. The van der Waals surface area contributed by atoms with Crippen molar-refractivity contribution in [1.29, 1.82) is 0 Å². The van der Waals surface area contributed by atoms with Crippen LogP contribution in [0.25, 0.3) is 10.9 Å². The van der Waals surface area contributed by atoms with Gasteiger partial charge in [-0.1, -0.05) is 13.8 Å². The summed E-state index contributed by atoms with van der Waals surface area (Å²) in [5.41, 5.74) is 1.83. The van der Waals surface area contributed by atoms with Gasteiger partial charge in [-0.2, -0.15) is 0 Å². The molecule has 2 N–H and O–H groups in total. The molecular formula is C19H24FN3O. The quantitative estimate of drug-likeness (QED) is 0.881. The van der Waals surface area contributed by atoms with Gasteiger partial charge in [-0.05, 0) is 49.4 Å². The number of hydrogen-bond donors (Lipinski definition) is 2. The SMILES string of the molecule is CC(C)(CNC(=O)N1CCCC12CC2)c1c[nH]c2cc(F)ccc12. The van der Waals surface area contributed by atoms with E-state index in [1.807, 2.05) is 11.1 Å². The van der Waals surface area contributed by atoms with E-state index < -0.39 is 0 Å². The number of fused-ring (bicyclic) bond motifs is 1. The number of nitrogens with one attached hydrogen (secondary N) is 2. The Morgan fingerprint density at radius 1 is 1.38 bits per heavy atom. The molecule has 2 heterocycles. The summed E-state index contributed by atoms with van der Waals surface area (Å²) >= 11 is 0. The van der Waals surface area contributed by atoms with Gasteiger partial charge in [-0.3, -0.25) is 0 Å². The number of hydrogen-bond acceptors (Lipinski definition) is 1. The largest absolute Gasteiger partial charge is 0.361 e. The van der Waals surface area contributed by atoms with Crippen LogP contribution in [-0.2, 0) is 5.41 Å². The molecule has 1 aliphatic heterocycles. The molecular weight excluding hydrogens is 305 g/mol. The van der Waals surface area contributed by atoms with Crippen LogP contribution in [0.2, 0.25) is 0 Å². The van der Waals surface area contributed by atoms with Gasteiger partial charge in [-0.25, -0.2) is 9.18 Å². The minimum Gasteiger partial charge on any atom is -0.361 e. The lowest BCUT2D eigenvalue weighted by molar-refractivity contribution is 0.185. The Morgan fingerprint density at radius 2 is 2.17 bits per heavy atom.